The molecule has 5 nitrogen and oxygen atoms in total. The monoisotopic (exact) mass is 430 g/mol. The highest BCUT2D eigenvalue weighted by Gasteiger charge is 2.39. The fraction of sp³-hybridized carbons (Fsp3) is 0.154. The molecule has 1 aliphatic rings. The molecule has 32 heavy (non-hydrogen) atoms. The zero-order valence-corrected chi connectivity index (χ0v) is 17.9. The predicted molar refractivity (Wildman–Crippen MR) is 122 cm³/mol. The lowest BCUT2D eigenvalue weighted by Gasteiger charge is -2.15. The Morgan fingerprint density at radius 2 is 1.66 bits per heavy atom. The number of halogens is 1. The second-order valence-corrected chi connectivity index (χ2v) is 7.61. The topological polar surface area (TPSA) is 58.6 Å². The van der Waals surface area contributed by atoms with Crippen LogP contribution in [0.3, 0.4) is 0 Å². The molecule has 3 aromatic carbocycles. The summed E-state index contributed by atoms with van der Waals surface area (Å²) >= 11 is 0. The van der Waals surface area contributed by atoms with E-state index >= 15 is 0 Å². The number of ether oxygens (including phenoxy) is 1. The molecular formula is C26H23FN2O3. The Morgan fingerprint density at radius 1 is 0.938 bits per heavy atom. The van der Waals surface area contributed by atoms with E-state index in [1.165, 1.54) is 17.0 Å². The van der Waals surface area contributed by atoms with Gasteiger partial charge in [-0.05, 0) is 66.4 Å². The van der Waals surface area contributed by atoms with Crippen molar-refractivity contribution in [3.8, 4) is 5.75 Å². The van der Waals surface area contributed by atoms with E-state index in [1.807, 2.05) is 31.2 Å². The molecule has 162 valence electrons. The molecule has 1 aliphatic heterocycles. The molecule has 0 atom stereocenters. The zero-order chi connectivity index (χ0) is 22.7. The fourth-order valence-electron chi connectivity index (χ4n) is 3.68. The number of rotatable bonds is 7. The summed E-state index contributed by atoms with van der Waals surface area (Å²) in [5.74, 6) is -0.412. The number of anilines is 1. The summed E-state index contributed by atoms with van der Waals surface area (Å²) in [6, 6.07) is 20.7. The number of imide groups is 1. The number of nitrogens with one attached hydrogen (secondary N) is 1. The van der Waals surface area contributed by atoms with Crippen molar-refractivity contribution in [2.75, 3.05) is 19.0 Å². The lowest BCUT2D eigenvalue weighted by Crippen LogP contribution is -2.34. The molecule has 3 aromatic rings. The van der Waals surface area contributed by atoms with Crippen LogP contribution >= 0.6 is 0 Å². The predicted octanol–water partition coefficient (Wildman–Crippen LogP) is 4.58. The summed E-state index contributed by atoms with van der Waals surface area (Å²) in [6.07, 6.45) is 0.436. The molecule has 0 fully saturated rings. The minimum Gasteiger partial charge on any atom is -0.497 e. The summed E-state index contributed by atoms with van der Waals surface area (Å²) in [4.78, 5) is 27.9. The van der Waals surface area contributed by atoms with Crippen LogP contribution in [-0.2, 0) is 16.0 Å². The normalized spacial score (nSPS) is 13.7. The Morgan fingerprint density at radius 3 is 2.31 bits per heavy atom. The highest BCUT2D eigenvalue weighted by atomic mass is 19.1. The van der Waals surface area contributed by atoms with Crippen LogP contribution in [0.15, 0.2) is 78.5 Å². The molecule has 0 aliphatic carbocycles. The largest absolute Gasteiger partial charge is 0.497 e. The third-order valence-electron chi connectivity index (χ3n) is 5.37. The Balaban J connectivity index is 1.66. The van der Waals surface area contributed by atoms with Crippen molar-refractivity contribution < 1.29 is 18.7 Å². The molecule has 1 heterocycles. The molecule has 0 aromatic heterocycles. The van der Waals surface area contributed by atoms with E-state index in [9.17, 15) is 14.0 Å². The fourth-order valence-corrected chi connectivity index (χ4v) is 3.68. The van der Waals surface area contributed by atoms with Crippen molar-refractivity contribution in [3.63, 3.8) is 0 Å². The van der Waals surface area contributed by atoms with Crippen molar-refractivity contribution in [2.45, 2.75) is 13.3 Å². The van der Waals surface area contributed by atoms with Crippen LogP contribution in [0, 0.1) is 12.7 Å². The maximum atomic E-state index is 13.3. The van der Waals surface area contributed by atoms with E-state index in [0.29, 0.717) is 23.3 Å². The first-order valence-electron chi connectivity index (χ1n) is 10.3. The number of carbonyl (C=O) groups is 2. The number of benzene rings is 3. The molecule has 4 rings (SSSR count). The third-order valence-corrected chi connectivity index (χ3v) is 5.37. The van der Waals surface area contributed by atoms with Gasteiger partial charge in [0.15, 0.2) is 0 Å². The van der Waals surface area contributed by atoms with Gasteiger partial charge >= 0.3 is 0 Å². The van der Waals surface area contributed by atoms with Crippen molar-refractivity contribution in [3.05, 3.63) is 101 Å². The van der Waals surface area contributed by atoms with Crippen molar-refractivity contribution >= 4 is 23.1 Å². The number of hydrogen-bond donors (Lipinski definition) is 1. The van der Waals surface area contributed by atoms with Gasteiger partial charge in [-0.3, -0.25) is 14.5 Å². The summed E-state index contributed by atoms with van der Waals surface area (Å²) < 4.78 is 18.4. The van der Waals surface area contributed by atoms with E-state index in [4.69, 9.17) is 4.74 Å². The Labute approximate surface area is 186 Å². The molecule has 0 saturated heterocycles. The van der Waals surface area contributed by atoms with E-state index < -0.39 is 0 Å². The number of amides is 2. The molecule has 0 unspecified atom stereocenters. The van der Waals surface area contributed by atoms with Crippen LogP contribution < -0.4 is 10.1 Å². The molecule has 0 spiro atoms. The molecule has 0 bridgehead atoms. The van der Waals surface area contributed by atoms with Gasteiger partial charge in [0.05, 0.1) is 12.7 Å². The summed E-state index contributed by atoms with van der Waals surface area (Å²) in [6.45, 7) is 2.16. The molecule has 1 N–H and O–H groups in total. The minimum absolute atomic E-state index is 0.196. The quantitative estimate of drug-likeness (QED) is 0.558. The Bertz CT molecular complexity index is 1180. The van der Waals surface area contributed by atoms with Gasteiger partial charge in [-0.2, -0.15) is 0 Å². The Hall–Kier alpha value is -3.93. The van der Waals surface area contributed by atoms with Gasteiger partial charge < -0.3 is 10.1 Å². The van der Waals surface area contributed by atoms with Crippen molar-refractivity contribution in [2.24, 2.45) is 0 Å². The molecule has 0 saturated carbocycles. The summed E-state index contributed by atoms with van der Waals surface area (Å²) in [7, 11) is 1.57. The molecule has 6 heteroatoms. The van der Waals surface area contributed by atoms with Gasteiger partial charge in [0.25, 0.3) is 11.8 Å². The van der Waals surface area contributed by atoms with Crippen molar-refractivity contribution in [1.82, 2.24) is 4.90 Å². The lowest BCUT2D eigenvalue weighted by molar-refractivity contribution is -0.136. The van der Waals surface area contributed by atoms with Gasteiger partial charge in [0, 0.05) is 12.2 Å². The SMILES string of the molecule is COc1ccc(C2=C(Nc3cccc(C)c3)C(=O)N(CCc3ccc(F)cc3)C2=O)cc1. The highest BCUT2D eigenvalue weighted by Crippen LogP contribution is 2.31. The number of methoxy groups -OCH3 is 1. The maximum Gasteiger partial charge on any atom is 0.278 e. The van der Waals surface area contributed by atoms with Crippen LogP contribution in [0.25, 0.3) is 5.57 Å². The first-order valence-corrected chi connectivity index (χ1v) is 10.3. The lowest BCUT2D eigenvalue weighted by atomic mass is 10.0. The van der Waals surface area contributed by atoms with E-state index in [1.54, 1.807) is 43.5 Å². The van der Waals surface area contributed by atoms with Crippen LogP contribution in [0.5, 0.6) is 5.75 Å². The zero-order valence-electron chi connectivity index (χ0n) is 17.9. The number of aryl methyl sites for hydroxylation is 1. The summed E-state index contributed by atoms with van der Waals surface area (Å²) in [5, 5.41) is 3.16. The summed E-state index contributed by atoms with van der Waals surface area (Å²) in [5.41, 5.74) is 3.80. The number of carbonyl (C=O) groups excluding carboxylic acids is 2. The standard InChI is InChI=1S/C26H23FN2O3/c1-17-4-3-5-21(16-17)28-24-23(19-8-12-22(32-2)13-9-19)25(30)29(26(24)31)15-14-18-6-10-20(27)11-7-18/h3-13,16,28H,14-15H2,1-2H3. The molecule has 2 amide bonds. The van der Waals surface area contributed by atoms with Crippen LogP contribution in [0.4, 0.5) is 10.1 Å². The van der Waals surface area contributed by atoms with Gasteiger partial charge in [-0.25, -0.2) is 4.39 Å². The van der Waals surface area contributed by atoms with E-state index in [2.05, 4.69) is 5.32 Å². The van der Waals surface area contributed by atoms with Crippen LogP contribution in [0.2, 0.25) is 0 Å². The maximum absolute atomic E-state index is 13.3. The molecule has 0 radical (unpaired) electrons. The average molecular weight is 430 g/mol. The Kier molecular flexibility index (Phi) is 6.03. The van der Waals surface area contributed by atoms with Gasteiger partial charge in [-0.1, -0.05) is 36.4 Å². The van der Waals surface area contributed by atoms with Gasteiger partial charge in [0.2, 0.25) is 0 Å². The smallest absolute Gasteiger partial charge is 0.278 e. The second kappa shape index (κ2) is 9.06. The first-order chi connectivity index (χ1) is 15.5. The van der Waals surface area contributed by atoms with Crippen LogP contribution in [0.1, 0.15) is 16.7 Å². The third kappa shape index (κ3) is 4.39. The number of nitrogens with zero attached hydrogens (tertiary/aromatic N) is 1. The van der Waals surface area contributed by atoms with Gasteiger partial charge in [-0.15, -0.1) is 0 Å². The van der Waals surface area contributed by atoms with E-state index in [-0.39, 0.29) is 29.9 Å². The van der Waals surface area contributed by atoms with E-state index in [0.717, 1.165) is 16.8 Å². The average Bonchev–Trinajstić information content (AvgIpc) is 3.02. The molecular weight excluding hydrogens is 407 g/mol. The highest BCUT2D eigenvalue weighted by molar-refractivity contribution is 6.36. The first kappa shape index (κ1) is 21.3. The minimum atomic E-state index is -0.385. The van der Waals surface area contributed by atoms with Crippen LogP contribution in [-0.4, -0.2) is 30.4 Å². The second-order valence-electron chi connectivity index (χ2n) is 7.61. The van der Waals surface area contributed by atoms with Crippen molar-refractivity contribution in [1.29, 1.82) is 0 Å². The number of hydrogen-bond acceptors (Lipinski definition) is 4. The van der Waals surface area contributed by atoms with Gasteiger partial charge in [0.1, 0.15) is 17.3 Å².